The molecule has 0 bridgehead atoms. The lowest BCUT2D eigenvalue weighted by molar-refractivity contribution is 0.475. The van der Waals surface area contributed by atoms with Crippen molar-refractivity contribution in [3.05, 3.63) is 30.3 Å². The Morgan fingerprint density at radius 3 is 1.43 bits per heavy atom. The fourth-order valence-electron chi connectivity index (χ4n) is 0.428. The van der Waals surface area contributed by atoms with E-state index < -0.39 is 0 Å². The molecule has 0 saturated carbocycles. The molecule has 0 radical (unpaired) electrons. The number of nitrogens with two attached hydrogens (primary N) is 1. The normalized spacial score (nSPS) is 6.43. The molecule has 0 aliphatic rings. The Morgan fingerprint density at radius 1 is 1.00 bits per heavy atom. The molecule has 1 rings (SSSR count). The van der Waals surface area contributed by atoms with Gasteiger partial charge in [0.1, 0.15) is 5.75 Å². The van der Waals surface area contributed by atoms with Crippen molar-refractivity contribution in [2.45, 2.75) is 34.6 Å². The molecule has 0 atom stereocenters. The lowest BCUT2D eigenvalue weighted by Crippen LogP contribution is -1.87. The highest BCUT2D eigenvalue weighted by molar-refractivity contribution is 5.18. The van der Waals surface area contributed by atoms with E-state index in [-0.39, 0.29) is 0 Å². The van der Waals surface area contributed by atoms with Crippen molar-refractivity contribution in [1.82, 2.24) is 0 Å². The maximum Gasteiger partial charge on any atom is 0.115 e. The Bertz CT molecular complexity index is 152. The van der Waals surface area contributed by atoms with Crippen LogP contribution < -0.4 is 5.73 Å². The van der Waals surface area contributed by atoms with Gasteiger partial charge in [-0.3, -0.25) is 0 Å². The van der Waals surface area contributed by atoms with Crippen LogP contribution in [0.3, 0.4) is 0 Å². The van der Waals surface area contributed by atoms with Gasteiger partial charge in [0.15, 0.2) is 0 Å². The van der Waals surface area contributed by atoms with Gasteiger partial charge in [-0.2, -0.15) is 0 Å². The number of phenolic OH excluding ortho intramolecular Hbond substituents is 1. The zero-order valence-corrected chi connectivity index (χ0v) is 10.1. The molecule has 1 aromatic rings. The molecule has 2 nitrogen and oxygen atoms in total. The van der Waals surface area contributed by atoms with E-state index in [1.165, 1.54) is 0 Å². The fourth-order valence-corrected chi connectivity index (χ4v) is 0.428. The number of aromatic hydroxyl groups is 1. The summed E-state index contributed by atoms with van der Waals surface area (Å²) in [5, 5.41) is 8.63. The van der Waals surface area contributed by atoms with Crippen LogP contribution >= 0.6 is 0 Å². The third-order valence-corrected chi connectivity index (χ3v) is 0.756. The van der Waals surface area contributed by atoms with E-state index in [0.29, 0.717) is 5.75 Å². The highest BCUT2D eigenvalue weighted by Crippen LogP contribution is 2.02. The summed E-state index contributed by atoms with van der Waals surface area (Å²) in [6.07, 6.45) is 0. The second-order valence-corrected chi connectivity index (χ2v) is 1.74. The average molecular weight is 199 g/mol. The Kier molecular flexibility index (Phi) is 30.3. The molecule has 0 unspecified atom stereocenters. The minimum Gasteiger partial charge on any atom is -0.508 e. The van der Waals surface area contributed by atoms with E-state index in [9.17, 15) is 0 Å². The summed E-state index contributed by atoms with van der Waals surface area (Å²) in [5.41, 5.74) is 4.85. The van der Waals surface area contributed by atoms with Crippen LogP contribution in [0.2, 0.25) is 0 Å². The van der Waals surface area contributed by atoms with E-state index in [0.717, 1.165) is 6.54 Å². The van der Waals surface area contributed by atoms with Crippen LogP contribution in [0.15, 0.2) is 30.3 Å². The van der Waals surface area contributed by atoms with Crippen molar-refractivity contribution in [2.75, 3.05) is 6.54 Å². The van der Waals surface area contributed by atoms with E-state index in [4.69, 9.17) is 10.8 Å². The summed E-state index contributed by atoms with van der Waals surface area (Å²) < 4.78 is 0. The maximum atomic E-state index is 8.63. The number of rotatable bonds is 0. The van der Waals surface area contributed by atoms with Gasteiger partial charge >= 0.3 is 0 Å². The monoisotopic (exact) mass is 199 g/mol. The summed E-state index contributed by atoms with van der Waals surface area (Å²) in [6, 6.07) is 8.71. The number of benzene rings is 1. The Labute approximate surface area is 88.8 Å². The van der Waals surface area contributed by atoms with Crippen LogP contribution in [0.4, 0.5) is 0 Å². The SMILES string of the molecule is CC.CC.CCN.Oc1ccccc1. The molecular formula is C12H25NO. The summed E-state index contributed by atoms with van der Waals surface area (Å²) >= 11 is 0. The standard InChI is InChI=1S/C6H6O.C2H7N.2C2H6/c7-6-4-2-1-3-5-6;1-2-3;2*1-2/h1-5,7H;2-3H2,1H3;2*1-2H3. The summed E-state index contributed by atoms with van der Waals surface area (Å²) in [5.74, 6) is 0.322. The summed E-state index contributed by atoms with van der Waals surface area (Å²) in [4.78, 5) is 0. The van der Waals surface area contributed by atoms with Gasteiger partial charge in [-0.05, 0) is 18.7 Å². The van der Waals surface area contributed by atoms with Crippen molar-refractivity contribution in [2.24, 2.45) is 5.73 Å². The van der Waals surface area contributed by atoms with E-state index in [1.807, 2.05) is 40.7 Å². The molecule has 0 aliphatic carbocycles. The van der Waals surface area contributed by atoms with Gasteiger partial charge in [0.2, 0.25) is 0 Å². The quantitative estimate of drug-likeness (QED) is 0.672. The first kappa shape index (κ1) is 18.7. The van der Waals surface area contributed by atoms with Crippen LogP contribution in [0.1, 0.15) is 34.6 Å². The Balaban J connectivity index is -0.000000148. The fraction of sp³-hybridized carbons (Fsp3) is 0.500. The molecule has 0 amide bonds. The van der Waals surface area contributed by atoms with E-state index in [2.05, 4.69) is 0 Å². The van der Waals surface area contributed by atoms with Crippen LogP contribution in [0.5, 0.6) is 5.75 Å². The van der Waals surface area contributed by atoms with Crippen LogP contribution in [0.25, 0.3) is 0 Å². The molecule has 84 valence electrons. The number of hydrogen-bond donors (Lipinski definition) is 2. The first-order valence-corrected chi connectivity index (χ1v) is 5.25. The number of hydrogen-bond acceptors (Lipinski definition) is 2. The highest BCUT2D eigenvalue weighted by atomic mass is 16.3. The van der Waals surface area contributed by atoms with E-state index >= 15 is 0 Å². The molecule has 0 aliphatic heterocycles. The lowest BCUT2D eigenvalue weighted by atomic mass is 10.3. The molecule has 0 heterocycles. The van der Waals surface area contributed by atoms with Crippen LogP contribution in [0, 0.1) is 0 Å². The molecule has 14 heavy (non-hydrogen) atoms. The second-order valence-electron chi connectivity index (χ2n) is 1.74. The highest BCUT2D eigenvalue weighted by Gasteiger charge is 1.74. The predicted octanol–water partition coefficient (Wildman–Crippen LogP) is 3.41. The Morgan fingerprint density at radius 2 is 1.29 bits per heavy atom. The van der Waals surface area contributed by atoms with E-state index in [1.54, 1.807) is 24.3 Å². The molecule has 0 fully saturated rings. The molecule has 2 heteroatoms. The largest absolute Gasteiger partial charge is 0.508 e. The van der Waals surface area contributed by atoms with Gasteiger partial charge in [-0.15, -0.1) is 0 Å². The second kappa shape index (κ2) is 22.7. The predicted molar refractivity (Wildman–Crippen MR) is 65.5 cm³/mol. The summed E-state index contributed by atoms with van der Waals surface area (Å²) in [6.45, 7) is 10.7. The molecule has 3 N–H and O–H groups in total. The summed E-state index contributed by atoms with van der Waals surface area (Å²) in [7, 11) is 0. The molecular weight excluding hydrogens is 174 g/mol. The minimum atomic E-state index is 0.322. The Hall–Kier alpha value is -1.02. The third kappa shape index (κ3) is 22.4. The maximum absolute atomic E-state index is 8.63. The van der Waals surface area contributed by atoms with Crippen LogP contribution in [-0.4, -0.2) is 11.7 Å². The van der Waals surface area contributed by atoms with Gasteiger partial charge in [-0.25, -0.2) is 0 Å². The smallest absolute Gasteiger partial charge is 0.115 e. The van der Waals surface area contributed by atoms with Crippen LogP contribution in [-0.2, 0) is 0 Å². The van der Waals surface area contributed by atoms with Gasteiger partial charge in [0, 0.05) is 0 Å². The van der Waals surface area contributed by atoms with Crippen molar-refractivity contribution in [3.63, 3.8) is 0 Å². The number of para-hydroxylation sites is 1. The lowest BCUT2D eigenvalue weighted by Gasteiger charge is -1.82. The van der Waals surface area contributed by atoms with Gasteiger partial charge in [0.05, 0.1) is 0 Å². The topological polar surface area (TPSA) is 46.2 Å². The van der Waals surface area contributed by atoms with Crippen molar-refractivity contribution < 1.29 is 5.11 Å². The van der Waals surface area contributed by atoms with Gasteiger partial charge in [0.25, 0.3) is 0 Å². The molecule has 0 saturated heterocycles. The molecule has 1 aromatic carbocycles. The van der Waals surface area contributed by atoms with Crippen molar-refractivity contribution in [3.8, 4) is 5.75 Å². The zero-order chi connectivity index (χ0) is 11.8. The first-order chi connectivity index (χ1) is 6.81. The average Bonchev–Trinajstić information content (AvgIpc) is 2.26. The third-order valence-electron chi connectivity index (χ3n) is 0.756. The molecule has 0 aromatic heterocycles. The molecule has 0 spiro atoms. The van der Waals surface area contributed by atoms with Gasteiger partial charge in [-0.1, -0.05) is 52.8 Å². The minimum absolute atomic E-state index is 0.322. The van der Waals surface area contributed by atoms with Gasteiger partial charge < -0.3 is 10.8 Å². The van der Waals surface area contributed by atoms with Crippen molar-refractivity contribution in [1.29, 1.82) is 0 Å². The zero-order valence-electron chi connectivity index (χ0n) is 10.1. The number of phenols is 1. The first-order valence-electron chi connectivity index (χ1n) is 5.25. The van der Waals surface area contributed by atoms with Crippen molar-refractivity contribution >= 4 is 0 Å².